The highest BCUT2D eigenvalue weighted by atomic mass is 16.5. The first kappa shape index (κ1) is 18.1. The van der Waals surface area contributed by atoms with Gasteiger partial charge in [0, 0.05) is 25.0 Å². The van der Waals surface area contributed by atoms with E-state index in [4.69, 9.17) is 9.47 Å². The lowest BCUT2D eigenvalue weighted by Gasteiger charge is -2.34. The van der Waals surface area contributed by atoms with E-state index in [2.05, 4.69) is 41.3 Å². The molecule has 142 valence electrons. The summed E-state index contributed by atoms with van der Waals surface area (Å²) in [5.74, 6) is 1.69. The molecule has 2 unspecified atom stereocenters. The Morgan fingerprint density at radius 3 is 2.41 bits per heavy atom. The molecule has 0 radical (unpaired) electrons. The fourth-order valence-corrected chi connectivity index (χ4v) is 4.37. The third-order valence-electron chi connectivity index (χ3n) is 5.65. The van der Waals surface area contributed by atoms with Crippen LogP contribution in [0.25, 0.3) is 0 Å². The van der Waals surface area contributed by atoms with Gasteiger partial charge < -0.3 is 9.47 Å². The molecule has 0 spiro atoms. The highest BCUT2D eigenvalue weighted by Crippen LogP contribution is 2.37. The van der Waals surface area contributed by atoms with E-state index >= 15 is 0 Å². The summed E-state index contributed by atoms with van der Waals surface area (Å²) in [6.45, 7) is 4.44. The monoisotopic (exact) mass is 363 g/mol. The number of ether oxygens (including phenoxy) is 2. The fraction of sp³-hybridized carbons (Fsp3) is 0.417. The third-order valence-corrected chi connectivity index (χ3v) is 5.65. The molecule has 0 amide bonds. The highest BCUT2D eigenvalue weighted by Gasteiger charge is 2.36. The Balaban J connectivity index is 1.33. The smallest absolute Gasteiger partial charge is 0.161 e. The van der Waals surface area contributed by atoms with Gasteiger partial charge in [0.25, 0.3) is 0 Å². The number of nitrogens with zero attached hydrogens (tertiary/aromatic N) is 1. The SMILES string of the molecule is CCOc1ccccc1OCCC1=CC2CCC(C1)N2Cc1ccccc1. The molecule has 0 saturated carbocycles. The molecular weight excluding hydrogens is 334 g/mol. The van der Waals surface area contributed by atoms with Crippen LogP contribution in [0.1, 0.15) is 38.2 Å². The molecule has 2 bridgehead atoms. The van der Waals surface area contributed by atoms with Crippen LogP contribution in [0.3, 0.4) is 0 Å². The first-order valence-corrected chi connectivity index (χ1v) is 10.2. The van der Waals surface area contributed by atoms with Gasteiger partial charge >= 0.3 is 0 Å². The lowest BCUT2D eigenvalue weighted by atomic mass is 9.98. The van der Waals surface area contributed by atoms with E-state index in [0.29, 0.717) is 25.3 Å². The Bertz CT molecular complexity index is 771. The summed E-state index contributed by atoms with van der Waals surface area (Å²) in [5.41, 5.74) is 2.97. The molecule has 0 aliphatic carbocycles. The Hall–Kier alpha value is -2.26. The standard InChI is InChI=1S/C24H29NO2/c1-2-26-23-10-6-7-11-24(23)27-15-14-20-16-21-12-13-22(17-20)25(21)18-19-8-4-3-5-9-19/h3-11,16,21-22H,2,12-15,17-18H2,1H3. The predicted molar refractivity (Wildman–Crippen MR) is 109 cm³/mol. The van der Waals surface area contributed by atoms with Crippen LogP contribution in [0.4, 0.5) is 0 Å². The summed E-state index contributed by atoms with van der Waals surface area (Å²) in [5, 5.41) is 0. The van der Waals surface area contributed by atoms with Crippen molar-refractivity contribution in [2.45, 2.75) is 51.2 Å². The van der Waals surface area contributed by atoms with Crippen molar-refractivity contribution in [3.05, 3.63) is 71.8 Å². The summed E-state index contributed by atoms with van der Waals surface area (Å²) in [6.07, 6.45) is 7.29. The predicted octanol–water partition coefficient (Wildman–Crippen LogP) is 5.22. The van der Waals surface area contributed by atoms with Gasteiger partial charge in [-0.3, -0.25) is 4.90 Å². The van der Waals surface area contributed by atoms with E-state index < -0.39 is 0 Å². The van der Waals surface area contributed by atoms with E-state index in [1.165, 1.54) is 24.8 Å². The van der Waals surface area contributed by atoms with Crippen molar-refractivity contribution >= 4 is 0 Å². The molecule has 2 aliphatic rings. The molecular formula is C24H29NO2. The van der Waals surface area contributed by atoms with Gasteiger partial charge in [0.05, 0.1) is 13.2 Å². The maximum Gasteiger partial charge on any atom is 0.161 e. The van der Waals surface area contributed by atoms with Crippen LogP contribution in [0.2, 0.25) is 0 Å². The zero-order valence-electron chi connectivity index (χ0n) is 16.1. The second-order valence-electron chi connectivity index (χ2n) is 7.46. The topological polar surface area (TPSA) is 21.7 Å². The molecule has 2 aromatic rings. The van der Waals surface area contributed by atoms with Crippen molar-refractivity contribution in [2.75, 3.05) is 13.2 Å². The number of rotatable bonds is 8. The van der Waals surface area contributed by atoms with Crippen LogP contribution >= 0.6 is 0 Å². The molecule has 3 nitrogen and oxygen atoms in total. The second-order valence-corrected chi connectivity index (χ2v) is 7.46. The number of hydrogen-bond acceptors (Lipinski definition) is 3. The van der Waals surface area contributed by atoms with Crippen molar-refractivity contribution in [1.82, 2.24) is 4.90 Å². The van der Waals surface area contributed by atoms with E-state index in [0.717, 1.165) is 24.5 Å². The largest absolute Gasteiger partial charge is 0.490 e. The minimum absolute atomic E-state index is 0.592. The molecule has 27 heavy (non-hydrogen) atoms. The third kappa shape index (κ3) is 4.36. The number of para-hydroxylation sites is 2. The molecule has 2 aromatic carbocycles. The molecule has 2 atom stereocenters. The molecule has 2 heterocycles. The average molecular weight is 364 g/mol. The normalized spacial score (nSPS) is 21.7. The van der Waals surface area contributed by atoms with Gasteiger partial charge in [0.1, 0.15) is 0 Å². The quantitative estimate of drug-likeness (QED) is 0.600. The number of hydrogen-bond donors (Lipinski definition) is 0. The first-order valence-electron chi connectivity index (χ1n) is 10.2. The van der Waals surface area contributed by atoms with E-state index in [1.807, 2.05) is 31.2 Å². The van der Waals surface area contributed by atoms with Crippen LogP contribution in [-0.2, 0) is 6.54 Å². The van der Waals surface area contributed by atoms with Crippen molar-refractivity contribution in [1.29, 1.82) is 0 Å². The summed E-state index contributed by atoms with van der Waals surface area (Å²) in [7, 11) is 0. The van der Waals surface area contributed by atoms with Crippen LogP contribution < -0.4 is 9.47 Å². The summed E-state index contributed by atoms with van der Waals surface area (Å²) in [4.78, 5) is 2.68. The Labute approximate surface area is 162 Å². The molecule has 1 fully saturated rings. The summed E-state index contributed by atoms with van der Waals surface area (Å²) < 4.78 is 11.7. The van der Waals surface area contributed by atoms with E-state index in [9.17, 15) is 0 Å². The number of fused-ring (bicyclic) bond motifs is 2. The summed E-state index contributed by atoms with van der Waals surface area (Å²) in [6, 6.07) is 20.1. The molecule has 0 N–H and O–H groups in total. The van der Waals surface area contributed by atoms with Gasteiger partial charge in [-0.05, 0) is 43.9 Å². The van der Waals surface area contributed by atoms with Crippen LogP contribution in [0.15, 0.2) is 66.2 Å². The maximum atomic E-state index is 6.03. The average Bonchev–Trinajstić information content (AvgIpc) is 2.92. The van der Waals surface area contributed by atoms with Crippen molar-refractivity contribution < 1.29 is 9.47 Å². The van der Waals surface area contributed by atoms with Gasteiger partial charge in [-0.15, -0.1) is 0 Å². The van der Waals surface area contributed by atoms with Crippen LogP contribution in [0.5, 0.6) is 11.5 Å². The van der Waals surface area contributed by atoms with Crippen molar-refractivity contribution in [2.24, 2.45) is 0 Å². The second kappa shape index (κ2) is 8.62. The van der Waals surface area contributed by atoms with Crippen LogP contribution in [0, 0.1) is 0 Å². The molecule has 3 heteroatoms. The van der Waals surface area contributed by atoms with E-state index in [-0.39, 0.29) is 0 Å². The molecule has 2 aliphatic heterocycles. The maximum absolute atomic E-state index is 6.03. The van der Waals surface area contributed by atoms with Gasteiger partial charge in [0.15, 0.2) is 11.5 Å². The summed E-state index contributed by atoms with van der Waals surface area (Å²) >= 11 is 0. The lowest BCUT2D eigenvalue weighted by molar-refractivity contribution is 0.191. The highest BCUT2D eigenvalue weighted by molar-refractivity contribution is 5.39. The molecule has 1 saturated heterocycles. The van der Waals surface area contributed by atoms with Gasteiger partial charge in [-0.1, -0.05) is 54.1 Å². The van der Waals surface area contributed by atoms with E-state index in [1.54, 1.807) is 5.57 Å². The Morgan fingerprint density at radius 1 is 0.926 bits per heavy atom. The minimum atomic E-state index is 0.592. The first-order chi connectivity index (χ1) is 13.3. The molecule has 4 rings (SSSR count). The van der Waals surface area contributed by atoms with Gasteiger partial charge in [-0.2, -0.15) is 0 Å². The molecule has 0 aromatic heterocycles. The number of benzene rings is 2. The van der Waals surface area contributed by atoms with Gasteiger partial charge in [0.2, 0.25) is 0 Å². The Morgan fingerprint density at radius 2 is 1.67 bits per heavy atom. The van der Waals surface area contributed by atoms with Crippen LogP contribution in [-0.4, -0.2) is 30.2 Å². The zero-order chi connectivity index (χ0) is 18.5. The van der Waals surface area contributed by atoms with Gasteiger partial charge in [-0.25, -0.2) is 0 Å². The van der Waals surface area contributed by atoms with Crippen molar-refractivity contribution in [3.8, 4) is 11.5 Å². The fourth-order valence-electron chi connectivity index (χ4n) is 4.37. The minimum Gasteiger partial charge on any atom is -0.490 e. The zero-order valence-corrected chi connectivity index (χ0v) is 16.1. The Kier molecular flexibility index (Phi) is 5.78. The van der Waals surface area contributed by atoms with Crippen molar-refractivity contribution in [3.63, 3.8) is 0 Å². The lowest BCUT2D eigenvalue weighted by Crippen LogP contribution is -2.38.